The van der Waals surface area contributed by atoms with Crippen LogP contribution in [0.2, 0.25) is 0 Å². The van der Waals surface area contributed by atoms with Crippen LogP contribution in [0, 0.1) is 5.82 Å². The predicted octanol–water partition coefficient (Wildman–Crippen LogP) is 0.469. The van der Waals surface area contributed by atoms with E-state index in [9.17, 15) is 19.4 Å². The number of nitrogens with zero attached hydrogens (tertiary/aromatic N) is 1. The van der Waals surface area contributed by atoms with Crippen LogP contribution in [-0.2, 0) is 0 Å². The normalized spacial score (nSPS) is 11.1. The summed E-state index contributed by atoms with van der Waals surface area (Å²) in [4.78, 5) is 15.9. The first-order valence-corrected chi connectivity index (χ1v) is 6.38. The molecule has 112 valence electrons. The van der Waals surface area contributed by atoms with E-state index in [1.165, 1.54) is 18.2 Å². The maximum absolute atomic E-state index is 13.3. The van der Waals surface area contributed by atoms with E-state index in [0.717, 1.165) is 6.07 Å². The minimum absolute atomic E-state index is 0.0471. The van der Waals surface area contributed by atoms with Gasteiger partial charge in [-0.1, -0.05) is 0 Å². The molecule has 0 spiro atoms. The Morgan fingerprint density at radius 1 is 1.33 bits per heavy atom. The van der Waals surface area contributed by atoms with Crippen LogP contribution in [0.5, 0.6) is 0 Å². The first kappa shape index (κ1) is 15.3. The number of aliphatic hydroxyl groups excluding tert-OH is 2. The topological polar surface area (TPSA) is 103 Å². The lowest BCUT2D eigenvalue weighted by Gasteiger charge is -2.11. The number of pyridine rings is 1. The molecule has 0 atom stereocenters. The molecule has 0 saturated heterocycles. The fourth-order valence-electron chi connectivity index (χ4n) is 1.93. The van der Waals surface area contributed by atoms with Crippen LogP contribution >= 0.6 is 0 Å². The number of hydrogen-bond acceptors (Lipinski definition) is 5. The summed E-state index contributed by atoms with van der Waals surface area (Å²) < 4.78 is 13.3. The smallest absolute Gasteiger partial charge is 0.269 e. The number of fused-ring (bicyclic) bond motifs is 1. The second-order valence-corrected chi connectivity index (χ2v) is 4.46. The van der Waals surface area contributed by atoms with Crippen molar-refractivity contribution in [3.8, 4) is 0 Å². The molecule has 1 amide bonds. The monoisotopic (exact) mass is 294 g/mol. The van der Waals surface area contributed by atoms with E-state index in [4.69, 9.17) is 5.11 Å². The Morgan fingerprint density at radius 2 is 2.10 bits per heavy atom. The zero-order valence-corrected chi connectivity index (χ0v) is 11.1. The average molecular weight is 294 g/mol. The quantitative estimate of drug-likeness (QED) is 0.474. The predicted molar refractivity (Wildman–Crippen MR) is 72.9 cm³/mol. The maximum atomic E-state index is 13.3. The molecule has 2 aromatic rings. The Balaban J connectivity index is 2.42. The zero-order chi connectivity index (χ0) is 15.4. The van der Waals surface area contributed by atoms with Crippen molar-refractivity contribution in [2.45, 2.75) is 12.7 Å². The van der Waals surface area contributed by atoms with Crippen molar-refractivity contribution < 1.29 is 24.5 Å². The van der Waals surface area contributed by atoms with Crippen LogP contribution < -0.4 is 5.32 Å². The fourth-order valence-corrected chi connectivity index (χ4v) is 1.93. The summed E-state index contributed by atoms with van der Waals surface area (Å²) in [5.41, 5.74) is 0.189. The highest BCUT2D eigenvalue weighted by Gasteiger charge is 2.15. The number of carbonyl (C=O) groups is 1. The van der Waals surface area contributed by atoms with Crippen LogP contribution in [-0.4, -0.2) is 39.4 Å². The fraction of sp³-hybridized carbons (Fsp3) is 0.286. The molecule has 0 aliphatic carbocycles. The molecule has 0 aliphatic rings. The van der Waals surface area contributed by atoms with Crippen molar-refractivity contribution in [3.05, 3.63) is 41.3 Å². The summed E-state index contributed by atoms with van der Waals surface area (Å²) >= 11 is 0. The molecule has 0 fully saturated rings. The molecule has 6 nitrogen and oxygen atoms in total. The highest BCUT2D eigenvalue weighted by Crippen LogP contribution is 2.23. The van der Waals surface area contributed by atoms with Crippen molar-refractivity contribution in [1.29, 1.82) is 0 Å². The van der Waals surface area contributed by atoms with Gasteiger partial charge in [-0.3, -0.25) is 4.79 Å². The number of aliphatic hydroxyl groups is 3. The maximum Gasteiger partial charge on any atom is 0.269 e. The van der Waals surface area contributed by atoms with Gasteiger partial charge in [-0.05, 0) is 24.6 Å². The number of amides is 1. The van der Waals surface area contributed by atoms with E-state index in [0.29, 0.717) is 11.8 Å². The van der Waals surface area contributed by atoms with Gasteiger partial charge in [-0.2, -0.15) is 0 Å². The number of nitrogens with one attached hydrogen (secondary N) is 1. The highest BCUT2D eigenvalue weighted by molar-refractivity contribution is 5.96. The Hall–Kier alpha value is -2.09. The molecule has 2 rings (SSSR count). The van der Waals surface area contributed by atoms with Gasteiger partial charge in [-0.15, -0.1) is 0 Å². The molecule has 1 heterocycles. The SMILES string of the molecule is O=C(NCCCO)c1cc(C(O)O)c2ccc(F)cc2n1. The van der Waals surface area contributed by atoms with Crippen molar-refractivity contribution in [1.82, 2.24) is 10.3 Å². The summed E-state index contributed by atoms with van der Waals surface area (Å²) in [7, 11) is 0. The van der Waals surface area contributed by atoms with E-state index in [-0.39, 0.29) is 29.9 Å². The van der Waals surface area contributed by atoms with Crippen LogP contribution in [0.15, 0.2) is 24.3 Å². The van der Waals surface area contributed by atoms with Gasteiger partial charge in [0.2, 0.25) is 0 Å². The summed E-state index contributed by atoms with van der Waals surface area (Å²) in [6, 6.07) is 4.92. The zero-order valence-electron chi connectivity index (χ0n) is 11.1. The minimum Gasteiger partial charge on any atom is -0.396 e. The summed E-state index contributed by atoms with van der Waals surface area (Å²) in [5, 5.41) is 30.3. The second-order valence-electron chi connectivity index (χ2n) is 4.46. The molecule has 4 N–H and O–H groups in total. The molecule has 1 aromatic heterocycles. The summed E-state index contributed by atoms with van der Waals surface area (Å²) in [6.45, 7) is 0.201. The third-order valence-electron chi connectivity index (χ3n) is 2.94. The van der Waals surface area contributed by atoms with Gasteiger partial charge in [0.1, 0.15) is 11.5 Å². The molecular formula is C14H15FN2O4. The molecule has 0 bridgehead atoms. The van der Waals surface area contributed by atoms with Gasteiger partial charge in [0.05, 0.1) is 5.52 Å². The van der Waals surface area contributed by atoms with E-state index in [1.807, 2.05) is 0 Å². The molecule has 7 heteroatoms. The lowest BCUT2D eigenvalue weighted by Crippen LogP contribution is -2.26. The van der Waals surface area contributed by atoms with Crippen molar-refractivity contribution >= 4 is 16.8 Å². The summed E-state index contributed by atoms with van der Waals surface area (Å²) in [6.07, 6.45) is -1.41. The molecule has 0 radical (unpaired) electrons. The van der Waals surface area contributed by atoms with Gasteiger partial charge < -0.3 is 20.6 Å². The Labute approximate surface area is 119 Å². The van der Waals surface area contributed by atoms with Crippen molar-refractivity contribution in [3.63, 3.8) is 0 Å². The number of carbonyl (C=O) groups excluding carboxylic acids is 1. The van der Waals surface area contributed by atoms with Gasteiger partial charge in [0.25, 0.3) is 5.91 Å². The highest BCUT2D eigenvalue weighted by atomic mass is 19.1. The molecular weight excluding hydrogens is 279 g/mol. The van der Waals surface area contributed by atoms with E-state index < -0.39 is 18.0 Å². The van der Waals surface area contributed by atoms with Crippen molar-refractivity contribution in [2.75, 3.05) is 13.2 Å². The lowest BCUT2D eigenvalue weighted by molar-refractivity contribution is -0.0413. The Morgan fingerprint density at radius 3 is 2.76 bits per heavy atom. The molecule has 0 saturated carbocycles. The molecule has 1 aromatic carbocycles. The van der Waals surface area contributed by atoms with Crippen LogP contribution in [0.3, 0.4) is 0 Å². The minimum atomic E-state index is -1.80. The van der Waals surface area contributed by atoms with Crippen LogP contribution in [0.4, 0.5) is 4.39 Å². The largest absolute Gasteiger partial charge is 0.396 e. The number of benzene rings is 1. The summed E-state index contributed by atoms with van der Waals surface area (Å²) in [5.74, 6) is -1.07. The number of halogens is 1. The van der Waals surface area contributed by atoms with E-state index >= 15 is 0 Å². The number of hydrogen-bond donors (Lipinski definition) is 4. The first-order chi connectivity index (χ1) is 10.0. The second kappa shape index (κ2) is 6.57. The molecule has 21 heavy (non-hydrogen) atoms. The Kier molecular flexibility index (Phi) is 4.79. The molecule has 0 aliphatic heterocycles. The van der Waals surface area contributed by atoms with Gasteiger partial charge >= 0.3 is 0 Å². The Bertz CT molecular complexity index is 661. The van der Waals surface area contributed by atoms with Crippen LogP contribution in [0.25, 0.3) is 10.9 Å². The number of aromatic nitrogens is 1. The van der Waals surface area contributed by atoms with Crippen LogP contribution in [0.1, 0.15) is 28.8 Å². The van der Waals surface area contributed by atoms with Crippen molar-refractivity contribution in [2.24, 2.45) is 0 Å². The van der Waals surface area contributed by atoms with Gasteiger partial charge in [-0.25, -0.2) is 9.37 Å². The lowest BCUT2D eigenvalue weighted by atomic mass is 10.1. The van der Waals surface area contributed by atoms with E-state index in [1.54, 1.807) is 0 Å². The standard InChI is InChI=1S/C14H15FN2O4/c15-8-2-3-9-10(14(20)21)7-12(17-11(9)6-8)13(19)16-4-1-5-18/h2-3,6-7,14,18,20-21H,1,4-5H2,(H,16,19). The number of rotatable bonds is 5. The van der Waals surface area contributed by atoms with Gasteiger partial charge in [0.15, 0.2) is 6.29 Å². The average Bonchev–Trinajstić information content (AvgIpc) is 2.45. The first-order valence-electron chi connectivity index (χ1n) is 6.38. The molecule has 0 unspecified atom stereocenters. The third kappa shape index (κ3) is 3.52. The van der Waals surface area contributed by atoms with Gasteiger partial charge in [0, 0.05) is 30.2 Å². The van der Waals surface area contributed by atoms with E-state index in [2.05, 4.69) is 10.3 Å². The third-order valence-corrected chi connectivity index (χ3v) is 2.94.